The van der Waals surface area contributed by atoms with Crippen LogP contribution in [0, 0.1) is 5.82 Å². The maximum atomic E-state index is 13.3. The van der Waals surface area contributed by atoms with Gasteiger partial charge in [-0.1, -0.05) is 23.7 Å². The van der Waals surface area contributed by atoms with E-state index in [1.54, 1.807) is 18.2 Å². The van der Waals surface area contributed by atoms with E-state index in [1.165, 1.54) is 12.1 Å². The van der Waals surface area contributed by atoms with E-state index in [1.807, 2.05) is 17.0 Å². The highest BCUT2D eigenvalue weighted by Crippen LogP contribution is 2.29. The highest BCUT2D eigenvalue weighted by molar-refractivity contribution is 6.33. The van der Waals surface area contributed by atoms with Gasteiger partial charge < -0.3 is 9.88 Å². The van der Waals surface area contributed by atoms with E-state index < -0.39 is 0 Å². The predicted octanol–water partition coefficient (Wildman–Crippen LogP) is 4.38. The molecule has 0 aliphatic carbocycles. The molecule has 6 heteroatoms. The lowest BCUT2D eigenvalue weighted by molar-refractivity contribution is 0.0711. The summed E-state index contributed by atoms with van der Waals surface area (Å²) in [5, 5.41) is 0.480. The Hall–Kier alpha value is -2.40. The lowest BCUT2D eigenvalue weighted by Crippen LogP contribution is -2.38. The van der Waals surface area contributed by atoms with E-state index >= 15 is 0 Å². The van der Waals surface area contributed by atoms with E-state index in [-0.39, 0.29) is 17.6 Å². The number of carbonyl (C=O) groups excluding carboxylic acids is 1. The third-order valence-corrected chi connectivity index (χ3v) is 5.06. The number of rotatable bonds is 2. The average molecular weight is 358 g/mol. The molecule has 1 N–H and O–H groups in total. The van der Waals surface area contributed by atoms with Crippen LogP contribution in [0.1, 0.15) is 34.9 Å². The number of aromatic amines is 1. The number of amides is 1. The van der Waals surface area contributed by atoms with Gasteiger partial charge in [0.25, 0.3) is 5.91 Å². The monoisotopic (exact) mass is 357 g/mol. The van der Waals surface area contributed by atoms with Crippen LogP contribution in [-0.4, -0.2) is 33.9 Å². The van der Waals surface area contributed by atoms with Gasteiger partial charge >= 0.3 is 0 Å². The number of hydrogen-bond donors (Lipinski definition) is 1. The number of likely N-dealkylation sites (tertiary alicyclic amines) is 1. The summed E-state index contributed by atoms with van der Waals surface area (Å²) < 4.78 is 13.3. The van der Waals surface area contributed by atoms with Crippen LogP contribution in [0.2, 0.25) is 5.02 Å². The van der Waals surface area contributed by atoms with E-state index in [9.17, 15) is 9.18 Å². The first-order chi connectivity index (χ1) is 12.1. The number of H-pyrrole nitrogens is 1. The van der Waals surface area contributed by atoms with Gasteiger partial charge in [-0.05, 0) is 43.2 Å². The Labute approximate surface area is 149 Å². The van der Waals surface area contributed by atoms with Gasteiger partial charge in [0.15, 0.2) is 0 Å². The van der Waals surface area contributed by atoms with Crippen LogP contribution in [0.4, 0.5) is 4.39 Å². The van der Waals surface area contributed by atoms with Crippen molar-refractivity contribution in [3.05, 3.63) is 64.7 Å². The Morgan fingerprint density at radius 3 is 2.72 bits per heavy atom. The van der Waals surface area contributed by atoms with Crippen LogP contribution < -0.4 is 0 Å². The lowest BCUT2D eigenvalue weighted by atomic mass is 9.95. The summed E-state index contributed by atoms with van der Waals surface area (Å²) in [5.74, 6) is 0.801. The van der Waals surface area contributed by atoms with E-state index in [0.29, 0.717) is 29.2 Å². The Morgan fingerprint density at radius 1 is 1.20 bits per heavy atom. The molecule has 3 aromatic rings. The molecule has 0 spiro atoms. The second-order valence-electron chi connectivity index (χ2n) is 6.33. The van der Waals surface area contributed by atoms with Gasteiger partial charge in [-0.15, -0.1) is 0 Å². The minimum Gasteiger partial charge on any atom is -0.342 e. The zero-order chi connectivity index (χ0) is 17.4. The fourth-order valence-corrected chi connectivity index (χ4v) is 3.57. The maximum absolute atomic E-state index is 13.3. The molecule has 0 bridgehead atoms. The van der Waals surface area contributed by atoms with Crippen molar-refractivity contribution < 1.29 is 9.18 Å². The highest BCUT2D eigenvalue weighted by Gasteiger charge is 2.27. The average Bonchev–Trinajstić information content (AvgIpc) is 3.05. The van der Waals surface area contributed by atoms with Crippen LogP contribution in [0.5, 0.6) is 0 Å². The van der Waals surface area contributed by atoms with Crippen LogP contribution >= 0.6 is 11.6 Å². The number of hydrogen-bond acceptors (Lipinski definition) is 2. The first-order valence-electron chi connectivity index (χ1n) is 8.31. The quantitative estimate of drug-likeness (QED) is 0.740. The number of carbonyl (C=O) groups is 1. The minimum atomic E-state index is -0.275. The summed E-state index contributed by atoms with van der Waals surface area (Å²) >= 11 is 6.13. The number of fused-ring (bicyclic) bond motifs is 1. The Balaban J connectivity index is 1.47. The van der Waals surface area contributed by atoms with Crippen LogP contribution in [0.25, 0.3) is 11.0 Å². The summed E-state index contributed by atoms with van der Waals surface area (Å²) in [6.45, 7) is 1.31. The van der Waals surface area contributed by atoms with Gasteiger partial charge in [0.2, 0.25) is 0 Å². The normalized spacial score (nSPS) is 15.7. The molecule has 0 unspecified atom stereocenters. The maximum Gasteiger partial charge on any atom is 0.255 e. The van der Waals surface area contributed by atoms with Crippen molar-refractivity contribution in [2.45, 2.75) is 18.8 Å². The molecule has 4 rings (SSSR count). The number of nitrogens with one attached hydrogen (secondary N) is 1. The molecule has 25 heavy (non-hydrogen) atoms. The number of nitrogens with zero attached hydrogens (tertiary/aromatic N) is 2. The molecule has 1 saturated heterocycles. The van der Waals surface area contributed by atoms with E-state index in [2.05, 4.69) is 9.97 Å². The van der Waals surface area contributed by atoms with Crippen molar-refractivity contribution >= 4 is 28.5 Å². The molecule has 1 aromatic heterocycles. The molecule has 1 amide bonds. The highest BCUT2D eigenvalue weighted by atomic mass is 35.5. The molecule has 2 heterocycles. The van der Waals surface area contributed by atoms with Gasteiger partial charge in [-0.2, -0.15) is 0 Å². The van der Waals surface area contributed by atoms with Crippen molar-refractivity contribution in [3.8, 4) is 0 Å². The predicted molar refractivity (Wildman–Crippen MR) is 95.4 cm³/mol. The number of benzene rings is 2. The zero-order valence-electron chi connectivity index (χ0n) is 13.5. The summed E-state index contributed by atoms with van der Waals surface area (Å²) in [6, 6.07) is 11.7. The summed E-state index contributed by atoms with van der Waals surface area (Å²) in [5.41, 5.74) is 2.03. The molecule has 0 saturated carbocycles. The molecule has 1 aliphatic rings. The number of imidazole rings is 1. The third kappa shape index (κ3) is 3.12. The molecular formula is C19H17ClFN3O. The Bertz CT molecular complexity index is 931. The van der Waals surface area contributed by atoms with Gasteiger partial charge in [-0.25, -0.2) is 9.37 Å². The molecule has 0 atom stereocenters. The van der Waals surface area contributed by atoms with Gasteiger partial charge in [0, 0.05) is 19.0 Å². The van der Waals surface area contributed by atoms with Crippen LogP contribution in [0.15, 0.2) is 42.5 Å². The summed E-state index contributed by atoms with van der Waals surface area (Å²) in [4.78, 5) is 22.2. The van der Waals surface area contributed by atoms with Crippen molar-refractivity contribution in [2.24, 2.45) is 0 Å². The molecule has 4 nitrogen and oxygen atoms in total. The van der Waals surface area contributed by atoms with Gasteiger partial charge in [-0.3, -0.25) is 4.79 Å². The zero-order valence-corrected chi connectivity index (χ0v) is 14.3. The topological polar surface area (TPSA) is 49.0 Å². The van der Waals surface area contributed by atoms with Crippen LogP contribution in [-0.2, 0) is 0 Å². The minimum absolute atomic E-state index is 0.0317. The number of piperidine rings is 1. The molecule has 1 aliphatic heterocycles. The summed E-state index contributed by atoms with van der Waals surface area (Å²) in [7, 11) is 0. The van der Waals surface area contributed by atoms with Gasteiger partial charge in [0.1, 0.15) is 11.6 Å². The van der Waals surface area contributed by atoms with E-state index in [4.69, 9.17) is 11.6 Å². The molecule has 0 radical (unpaired) electrons. The van der Waals surface area contributed by atoms with Crippen molar-refractivity contribution in [2.75, 3.05) is 13.1 Å². The number of halogens is 2. The van der Waals surface area contributed by atoms with E-state index in [0.717, 1.165) is 24.2 Å². The first-order valence-corrected chi connectivity index (χ1v) is 8.68. The van der Waals surface area contributed by atoms with Crippen LogP contribution in [0.3, 0.4) is 0 Å². The second-order valence-corrected chi connectivity index (χ2v) is 6.74. The first kappa shape index (κ1) is 16.1. The SMILES string of the molecule is O=C(c1ccccc1Cl)N1CCC(c2nc3ccc(F)cc3[nH]2)CC1. The standard InChI is InChI=1S/C19H17ClFN3O/c20-15-4-2-1-3-14(15)19(25)24-9-7-12(8-10-24)18-22-16-6-5-13(21)11-17(16)23-18/h1-6,11-12H,7-10H2,(H,22,23). The fraction of sp³-hybridized carbons (Fsp3) is 0.263. The van der Waals surface area contributed by atoms with Gasteiger partial charge in [0.05, 0.1) is 21.6 Å². The smallest absolute Gasteiger partial charge is 0.255 e. The Kier molecular flexibility index (Phi) is 4.17. The lowest BCUT2D eigenvalue weighted by Gasteiger charge is -2.31. The molecule has 2 aromatic carbocycles. The summed E-state index contributed by atoms with van der Waals surface area (Å²) in [6.07, 6.45) is 1.64. The van der Waals surface area contributed by atoms with Crippen molar-refractivity contribution in [1.82, 2.24) is 14.9 Å². The fourth-order valence-electron chi connectivity index (χ4n) is 3.36. The molecule has 128 valence electrons. The third-order valence-electron chi connectivity index (χ3n) is 4.74. The second kappa shape index (κ2) is 6.48. The Morgan fingerprint density at radius 2 is 1.96 bits per heavy atom. The molecular weight excluding hydrogens is 341 g/mol. The van der Waals surface area contributed by atoms with Crippen molar-refractivity contribution in [3.63, 3.8) is 0 Å². The molecule has 1 fully saturated rings. The van der Waals surface area contributed by atoms with Crippen molar-refractivity contribution in [1.29, 1.82) is 0 Å². The number of aromatic nitrogens is 2. The largest absolute Gasteiger partial charge is 0.342 e.